The van der Waals surface area contributed by atoms with Crippen LogP contribution in [0.2, 0.25) is 0 Å². The maximum absolute atomic E-state index is 11.8. The van der Waals surface area contributed by atoms with Gasteiger partial charge in [-0.1, -0.05) is 24.8 Å². The minimum Gasteiger partial charge on any atom is -0.340 e. The lowest BCUT2D eigenvalue weighted by Crippen LogP contribution is -2.52. The van der Waals surface area contributed by atoms with Crippen LogP contribution in [0.5, 0.6) is 0 Å². The number of rotatable bonds is 4. The molecule has 1 aliphatic heterocycles. The number of carbonyl (C=O) groups is 3. The zero-order valence-corrected chi connectivity index (χ0v) is 10.3. The van der Waals surface area contributed by atoms with Gasteiger partial charge in [0, 0.05) is 12.0 Å². The molecular formula is C13H16N2O3. The standard InChI is InChI=1S/C13H16N2O3/c1-4-9(7-8(2)3)12(17)14-10-5-6-11(16)15-13(10)18/h4,7,10H,1-2,5-6H2,3H3,(H,14,17)(H,15,16,18)/b9-7+. The van der Waals surface area contributed by atoms with Gasteiger partial charge in [0.2, 0.25) is 11.8 Å². The van der Waals surface area contributed by atoms with Crippen molar-refractivity contribution in [3.05, 3.63) is 36.5 Å². The normalized spacial score (nSPS) is 20.1. The van der Waals surface area contributed by atoms with Crippen LogP contribution in [0.25, 0.3) is 0 Å². The van der Waals surface area contributed by atoms with Gasteiger partial charge in [-0.3, -0.25) is 19.7 Å². The predicted octanol–water partition coefficient (Wildman–Crippen LogP) is 0.596. The van der Waals surface area contributed by atoms with Gasteiger partial charge < -0.3 is 5.32 Å². The molecular weight excluding hydrogens is 232 g/mol. The van der Waals surface area contributed by atoms with Gasteiger partial charge in [0.05, 0.1) is 0 Å². The lowest BCUT2D eigenvalue weighted by Gasteiger charge is -2.21. The van der Waals surface area contributed by atoms with Crippen molar-refractivity contribution >= 4 is 17.7 Å². The first-order chi connectivity index (χ1) is 8.43. The van der Waals surface area contributed by atoms with Crippen molar-refractivity contribution in [3.8, 4) is 0 Å². The van der Waals surface area contributed by atoms with Gasteiger partial charge in [-0.25, -0.2) is 0 Å². The Hall–Kier alpha value is -2.17. The Morgan fingerprint density at radius 2 is 2.17 bits per heavy atom. The Balaban J connectivity index is 2.69. The maximum atomic E-state index is 11.8. The number of amides is 3. The van der Waals surface area contributed by atoms with Crippen molar-refractivity contribution in [1.82, 2.24) is 10.6 Å². The summed E-state index contributed by atoms with van der Waals surface area (Å²) >= 11 is 0. The molecule has 1 saturated heterocycles. The van der Waals surface area contributed by atoms with E-state index in [1.54, 1.807) is 13.0 Å². The monoisotopic (exact) mass is 248 g/mol. The van der Waals surface area contributed by atoms with Gasteiger partial charge in [0.25, 0.3) is 5.91 Å². The summed E-state index contributed by atoms with van der Waals surface area (Å²) in [6, 6.07) is -0.677. The number of carbonyl (C=O) groups excluding carboxylic acids is 3. The van der Waals surface area contributed by atoms with Crippen LogP contribution in [0, 0.1) is 0 Å². The minimum absolute atomic E-state index is 0.226. The first-order valence-electron chi connectivity index (χ1n) is 5.58. The molecule has 0 spiro atoms. The summed E-state index contributed by atoms with van der Waals surface area (Å²) in [5.74, 6) is -1.19. The van der Waals surface area contributed by atoms with E-state index >= 15 is 0 Å². The van der Waals surface area contributed by atoms with E-state index in [4.69, 9.17) is 0 Å². The number of imide groups is 1. The fourth-order valence-corrected chi connectivity index (χ4v) is 1.56. The highest BCUT2D eigenvalue weighted by atomic mass is 16.2. The van der Waals surface area contributed by atoms with Crippen LogP contribution in [-0.2, 0) is 14.4 Å². The van der Waals surface area contributed by atoms with E-state index in [1.807, 2.05) is 0 Å². The van der Waals surface area contributed by atoms with E-state index in [0.717, 1.165) is 0 Å². The fraction of sp³-hybridized carbons (Fsp3) is 0.308. The van der Waals surface area contributed by atoms with Crippen molar-refractivity contribution < 1.29 is 14.4 Å². The number of piperidine rings is 1. The van der Waals surface area contributed by atoms with Crippen molar-refractivity contribution in [2.45, 2.75) is 25.8 Å². The molecule has 96 valence electrons. The highest BCUT2D eigenvalue weighted by Crippen LogP contribution is 2.07. The summed E-state index contributed by atoms with van der Waals surface area (Å²) < 4.78 is 0. The van der Waals surface area contributed by atoms with E-state index in [-0.39, 0.29) is 12.3 Å². The van der Waals surface area contributed by atoms with Crippen LogP contribution in [0.15, 0.2) is 36.5 Å². The van der Waals surface area contributed by atoms with Crippen LogP contribution in [0.1, 0.15) is 19.8 Å². The molecule has 0 bridgehead atoms. The molecule has 0 saturated carbocycles. The third kappa shape index (κ3) is 3.69. The Kier molecular flexibility index (Phi) is 4.59. The van der Waals surface area contributed by atoms with Gasteiger partial charge in [0.1, 0.15) is 6.04 Å². The van der Waals surface area contributed by atoms with Crippen molar-refractivity contribution in [2.75, 3.05) is 0 Å². The first kappa shape index (κ1) is 13.9. The maximum Gasteiger partial charge on any atom is 0.251 e. The van der Waals surface area contributed by atoms with Crippen LogP contribution in [0.4, 0.5) is 0 Å². The van der Waals surface area contributed by atoms with Gasteiger partial charge in [-0.05, 0) is 19.4 Å². The van der Waals surface area contributed by atoms with Crippen LogP contribution in [-0.4, -0.2) is 23.8 Å². The molecule has 18 heavy (non-hydrogen) atoms. The van der Waals surface area contributed by atoms with E-state index in [0.29, 0.717) is 17.6 Å². The molecule has 0 aliphatic carbocycles. The molecule has 2 N–H and O–H groups in total. The summed E-state index contributed by atoms with van der Waals surface area (Å²) in [4.78, 5) is 34.3. The Morgan fingerprint density at radius 1 is 1.50 bits per heavy atom. The second-order valence-electron chi connectivity index (χ2n) is 4.13. The Labute approximate surface area is 106 Å². The molecule has 1 fully saturated rings. The second kappa shape index (κ2) is 5.95. The van der Waals surface area contributed by atoms with Gasteiger partial charge in [0.15, 0.2) is 0 Å². The molecule has 5 heteroatoms. The largest absolute Gasteiger partial charge is 0.340 e. The van der Waals surface area contributed by atoms with Gasteiger partial charge >= 0.3 is 0 Å². The Morgan fingerprint density at radius 3 is 2.67 bits per heavy atom. The molecule has 1 heterocycles. The topological polar surface area (TPSA) is 75.3 Å². The van der Waals surface area contributed by atoms with E-state index in [1.165, 1.54) is 6.08 Å². The fourth-order valence-electron chi connectivity index (χ4n) is 1.56. The van der Waals surface area contributed by atoms with E-state index in [9.17, 15) is 14.4 Å². The number of hydrogen-bond donors (Lipinski definition) is 2. The quantitative estimate of drug-likeness (QED) is 0.434. The van der Waals surface area contributed by atoms with Crippen molar-refractivity contribution in [3.63, 3.8) is 0 Å². The van der Waals surface area contributed by atoms with Crippen molar-refractivity contribution in [2.24, 2.45) is 0 Å². The zero-order valence-electron chi connectivity index (χ0n) is 10.3. The number of allylic oxidation sites excluding steroid dienone is 2. The third-order valence-electron chi connectivity index (χ3n) is 2.43. The average Bonchev–Trinajstić information content (AvgIpc) is 2.29. The summed E-state index contributed by atoms with van der Waals surface area (Å²) in [7, 11) is 0. The minimum atomic E-state index is -0.677. The highest BCUT2D eigenvalue weighted by Gasteiger charge is 2.28. The number of hydrogen-bond acceptors (Lipinski definition) is 3. The molecule has 0 aromatic heterocycles. The molecule has 0 aromatic rings. The van der Waals surface area contributed by atoms with E-state index in [2.05, 4.69) is 23.8 Å². The zero-order chi connectivity index (χ0) is 13.7. The van der Waals surface area contributed by atoms with Crippen LogP contribution < -0.4 is 10.6 Å². The average molecular weight is 248 g/mol. The molecule has 1 aliphatic rings. The van der Waals surface area contributed by atoms with E-state index < -0.39 is 17.9 Å². The van der Waals surface area contributed by atoms with Crippen LogP contribution in [0.3, 0.4) is 0 Å². The third-order valence-corrected chi connectivity index (χ3v) is 2.43. The lowest BCUT2D eigenvalue weighted by atomic mass is 10.1. The second-order valence-corrected chi connectivity index (χ2v) is 4.13. The molecule has 0 radical (unpaired) electrons. The molecule has 1 atom stereocenters. The smallest absolute Gasteiger partial charge is 0.251 e. The SMILES string of the molecule is C=C/C(=C\C(=C)C)C(=O)NC1CCC(=O)NC1=O. The predicted molar refractivity (Wildman–Crippen MR) is 67.4 cm³/mol. The molecule has 5 nitrogen and oxygen atoms in total. The Bertz CT molecular complexity index is 449. The van der Waals surface area contributed by atoms with Crippen LogP contribution >= 0.6 is 0 Å². The van der Waals surface area contributed by atoms with Gasteiger partial charge in [-0.15, -0.1) is 0 Å². The summed E-state index contributed by atoms with van der Waals surface area (Å²) in [6.07, 6.45) is 3.52. The summed E-state index contributed by atoms with van der Waals surface area (Å²) in [6.45, 7) is 8.96. The molecule has 0 aromatic carbocycles. The summed E-state index contributed by atoms with van der Waals surface area (Å²) in [5, 5.41) is 4.74. The van der Waals surface area contributed by atoms with Crippen molar-refractivity contribution in [1.29, 1.82) is 0 Å². The highest BCUT2D eigenvalue weighted by molar-refractivity contribution is 6.04. The molecule has 3 amide bonds. The number of nitrogens with one attached hydrogen (secondary N) is 2. The first-order valence-corrected chi connectivity index (χ1v) is 5.58. The lowest BCUT2D eigenvalue weighted by molar-refractivity contribution is -0.136. The summed E-state index contributed by atoms with van der Waals surface area (Å²) in [5.41, 5.74) is 1.05. The van der Waals surface area contributed by atoms with Gasteiger partial charge in [-0.2, -0.15) is 0 Å². The molecule has 1 rings (SSSR count). The molecule has 1 unspecified atom stereocenters.